The number of hydrogen-bond acceptors (Lipinski definition) is 4. The Kier molecular flexibility index (Phi) is 3.34. The zero-order chi connectivity index (χ0) is 12.3. The number of nitrogens with zero attached hydrogens (tertiary/aromatic N) is 2. The smallest absolute Gasteiger partial charge is 0.279 e. The van der Waals surface area contributed by atoms with Crippen molar-refractivity contribution in [1.82, 2.24) is 4.90 Å². The van der Waals surface area contributed by atoms with E-state index in [0.29, 0.717) is 6.29 Å². The second-order valence-corrected chi connectivity index (χ2v) is 3.35. The number of nitro groups is 1. The average Bonchev–Trinajstić information content (AvgIpc) is 2.26. The third-order valence-corrected chi connectivity index (χ3v) is 2.00. The maximum atomic E-state index is 11.5. The zero-order valence-electron chi connectivity index (χ0n) is 8.84. The van der Waals surface area contributed by atoms with Gasteiger partial charge in [0.2, 0.25) is 0 Å². The van der Waals surface area contributed by atoms with Gasteiger partial charge in [-0.15, -0.1) is 0 Å². The van der Waals surface area contributed by atoms with E-state index in [0.717, 1.165) is 6.07 Å². The fourth-order valence-corrected chi connectivity index (χ4v) is 1.21. The first-order chi connectivity index (χ1) is 7.47. The highest BCUT2D eigenvalue weighted by Gasteiger charge is 2.16. The van der Waals surface area contributed by atoms with Gasteiger partial charge in [-0.3, -0.25) is 19.7 Å². The molecule has 0 saturated carbocycles. The Morgan fingerprint density at radius 3 is 2.50 bits per heavy atom. The molecule has 1 rings (SSSR count). The highest BCUT2D eigenvalue weighted by Crippen LogP contribution is 2.18. The van der Waals surface area contributed by atoms with E-state index < -0.39 is 4.92 Å². The summed E-state index contributed by atoms with van der Waals surface area (Å²) >= 11 is 0. The number of benzene rings is 1. The molecule has 0 saturated heterocycles. The fraction of sp³-hybridized carbons (Fsp3) is 0.200. The molecular formula is C10H10N2O4. The van der Waals surface area contributed by atoms with E-state index in [2.05, 4.69) is 0 Å². The van der Waals surface area contributed by atoms with Crippen LogP contribution in [0, 0.1) is 10.1 Å². The third kappa shape index (κ3) is 2.22. The van der Waals surface area contributed by atoms with Gasteiger partial charge in [-0.05, 0) is 12.1 Å². The molecule has 16 heavy (non-hydrogen) atoms. The summed E-state index contributed by atoms with van der Waals surface area (Å²) in [6.07, 6.45) is 0.366. The molecule has 0 aliphatic carbocycles. The molecule has 1 aromatic carbocycles. The molecule has 1 aromatic rings. The molecule has 0 fully saturated rings. The van der Waals surface area contributed by atoms with E-state index in [-0.39, 0.29) is 22.7 Å². The minimum absolute atomic E-state index is 0.0994. The molecule has 0 spiro atoms. The van der Waals surface area contributed by atoms with E-state index in [9.17, 15) is 19.7 Å². The largest absolute Gasteiger partial charge is 0.345 e. The highest BCUT2D eigenvalue weighted by molar-refractivity contribution is 5.96. The number of hydrogen-bond donors (Lipinski definition) is 0. The van der Waals surface area contributed by atoms with Crippen LogP contribution in [0.5, 0.6) is 0 Å². The fourth-order valence-electron chi connectivity index (χ4n) is 1.21. The summed E-state index contributed by atoms with van der Waals surface area (Å²) in [7, 11) is 3.12. The Balaban J connectivity index is 3.24. The summed E-state index contributed by atoms with van der Waals surface area (Å²) in [6.45, 7) is 0. The SMILES string of the molecule is CN(C)C(=O)c1ccc([N+](=O)[O-])c(C=O)c1. The molecule has 0 aliphatic heterocycles. The van der Waals surface area contributed by atoms with E-state index in [1.807, 2.05) is 0 Å². The molecule has 0 heterocycles. The lowest BCUT2D eigenvalue weighted by atomic mass is 10.1. The van der Waals surface area contributed by atoms with Crippen LogP contribution in [-0.2, 0) is 0 Å². The Morgan fingerprint density at radius 2 is 2.06 bits per heavy atom. The first kappa shape index (κ1) is 11.8. The summed E-state index contributed by atoms with van der Waals surface area (Å²) in [5.74, 6) is -0.307. The van der Waals surface area contributed by atoms with Gasteiger partial charge in [0.15, 0.2) is 6.29 Å². The molecule has 6 heteroatoms. The predicted molar refractivity (Wildman–Crippen MR) is 56.5 cm³/mol. The molecule has 1 amide bonds. The predicted octanol–water partition coefficient (Wildman–Crippen LogP) is 1.11. The van der Waals surface area contributed by atoms with Gasteiger partial charge < -0.3 is 4.90 Å². The molecule has 0 radical (unpaired) electrons. The molecule has 0 bridgehead atoms. The van der Waals surface area contributed by atoms with Crippen LogP contribution in [0.4, 0.5) is 5.69 Å². The third-order valence-electron chi connectivity index (χ3n) is 2.00. The topological polar surface area (TPSA) is 80.5 Å². The Hall–Kier alpha value is -2.24. The molecule has 0 unspecified atom stereocenters. The van der Waals surface area contributed by atoms with Crippen molar-refractivity contribution in [3.05, 3.63) is 39.4 Å². The second kappa shape index (κ2) is 4.52. The van der Waals surface area contributed by atoms with Crippen molar-refractivity contribution >= 4 is 17.9 Å². The van der Waals surface area contributed by atoms with Gasteiger partial charge in [-0.2, -0.15) is 0 Å². The van der Waals surface area contributed by atoms with Crippen LogP contribution in [0.1, 0.15) is 20.7 Å². The monoisotopic (exact) mass is 222 g/mol. The van der Waals surface area contributed by atoms with Gasteiger partial charge in [0.1, 0.15) is 0 Å². The number of aldehydes is 1. The molecule has 0 aliphatic rings. The van der Waals surface area contributed by atoms with Gasteiger partial charge in [0.25, 0.3) is 11.6 Å². The standard InChI is InChI=1S/C10H10N2O4/c1-11(2)10(14)7-3-4-9(12(15)16)8(5-7)6-13/h3-6H,1-2H3. The lowest BCUT2D eigenvalue weighted by molar-refractivity contribution is -0.385. The van der Waals surface area contributed by atoms with Crippen molar-refractivity contribution in [2.45, 2.75) is 0 Å². The highest BCUT2D eigenvalue weighted by atomic mass is 16.6. The molecule has 0 aromatic heterocycles. The summed E-state index contributed by atoms with van der Waals surface area (Å²) in [6, 6.07) is 3.70. The van der Waals surface area contributed by atoms with Gasteiger partial charge in [-0.1, -0.05) is 0 Å². The molecule has 0 atom stereocenters. The normalized spacial score (nSPS) is 9.62. The maximum absolute atomic E-state index is 11.5. The number of rotatable bonds is 3. The van der Waals surface area contributed by atoms with Gasteiger partial charge in [-0.25, -0.2) is 0 Å². The Labute approximate surface area is 91.6 Å². The van der Waals surface area contributed by atoms with E-state index in [1.54, 1.807) is 14.1 Å². The van der Waals surface area contributed by atoms with Crippen LogP contribution in [0.15, 0.2) is 18.2 Å². The second-order valence-electron chi connectivity index (χ2n) is 3.35. The van der Waals surface area contributed by atoms with Gasteiger partial charge in [0.05, 0.1) is 10.5 Å². The van der Waals surface area contributed by atoms with E-state index >= 15 is 0 Å². The minimum Gasteiger partial charge on any atom is -0.345 e. The maximum Gasteiger partial charge on any atom is 0.279 e. The first-order valence-corrected chi connectivity index (χ1v) is 4.42. The van der Waals surface area contributed by atoms with Gasteiger partial charge in [0, 0.05) is 25.7 Å². The number of nitro benzene ring substituents is 1. The molecule has 0 N–H and O–H groups in total. The Morgan fingerprint density at radius 1 is 1.44 bits per heavy atom. The summed E-state index contributed by atoms with van der Waals surface area (Å²) in [4.78, 5) is 33.4. The van der Waals surface area contributed by atoms with Crippen molar-refractivity contribution < 1.29 is 14.5 Å². The molecule has 6 nitrogen and oxygen atoms in total. The average molecular weight is 222 g/mol. The van der Waals surface area contributed by atoms with Crippen molar-refractivity contribution in [3.63, 3.8) is 0 Å². The first-order valence-electron chi connectivity index (χ1n) is 4.42. The molecule has 84 valence electrons. The van der Waals surface area contributed by atoms with Crippen LogP contribution in [0.2, 0.25) is 0 Å². The van der Waals surface area contributed by atoms with Crippen molar-refractivity contribution in [2.75, 3.05) is 14.1 Å². The summed E-state index contributed by atoms with van der Waals surface area (Å²) in [5.41, 5.74) is -0.152. The van der Waals surface area contributed by atoms with E-state index in [4.69, 9.17) is 0 Å². The quantitative estimate of drug-likeness (QED) is 0.436. The number of carbonyl (C=O) groups excluding carboxylic acids is 2. The lowest BCUT2D eigenvalue weighted by Gasteiger charge is -2.10. The number of amides is 1. The van der Waals surface area contributed by atoms with Crippen molar-refractivity contribution in [2.24, 2.45) is 0 Å². The zero-order valence-corrected chi connectivity index (χ0v) is 8.84. The van der Waals surface area contributed by atoms with Crippen LogP contribution >= 0.6 is 0 Å². The van der Waals surface area contributed by atoms with Crippen LogP contribution in [0.3, 0.4) is 0 Å². The van der Waals surface area contributed by atoms with Crippen LogP contribution < -0.4 is 0 Å². The van der Waals surface area contributed by atoms with Crippen molar-refractivity contribution in [3.8, 4) is 0 Å². The summed E-state index contributed by atoms with van der Waals surface area (Å²) in [5, 5.41) is 10.5. The van der Waals surface area contributed by atoms with Crippen LogP contribution in [-0.4, -0.2) is 36.1 Å². The Bertz CT molecular complexity index is 454. The number of carbonyl (C=O) groups is 2. The van der Waals surface area contributed by atoms with Gasteiger partial charge >= 0.3 is 0 Å². The van der Waals surface area contributed by atoms with Crippen molar-refractivity contribution in [1.29, 1.82) is 0 Å². The minimum atomic E-state index is -0.659. The molecular weight excluding hydrogens is 212 g/mol. The summed E-state index contributed by atoms with van der Waals surface area (Å²) < 4.78 is 0. The lowest BCUT2D eigenvalue weighted by Crippen LogP contribution is -2.21. The van der Waals surface area contributed by atoms with E-state index in [1.165, 1.54) is 17.0 Å². The van der Waals surface area contributed by atoms with Crippen LogP contribution in [0.25, 0.3) is 0 Å².